The fourth-order valence-corrected chi connectivity index (χ4v) is 2.48. The third-order valence-corrected chi connectivity index (χ3v) is 3.09. The third-order valence-electron chi connectivity index (χ3n) is 3.09. The molecule has 3 nitrogen and oxygen atoms in total. The summed E-state index contributed by atoms with van der Waals surface area (Å²) in [7, 11) is 0. The SMILES string of the molecule is C1=C2OC3=C4OC4c4c3oc2c4C1. The Morgan fingerprint density at radius 1 is 1.31 bits per heavy atom. The summed E-state index contributed by atoms with van der Waals surface area (Å²) in [5, 5.41) is 0. The Morgan fingerprint density at radius 2 is 2.31 bits per heavy atom. The van der Waals surface area contributed by atoms with Crippen molar-refractivity contribution in [3.05, 3.63) is 34.5 Å². The van der Waals surface area contributed by atoms with Crippen molar-refractivity contribution in [2.45, 2.75) is 12.5 Å². The third kappa shape index (κ3) is 0.352. The van der Waals surface area contributed by atoms with Gasteiger partial charge in [-0.15, -0.1) is 0 Å². The van der Waals surface area contributed by atoms with Crippen LogP contribution in [0.15, 0.2) is 16.3 Å². The van der Waals surface area contributed by atoms with E-state index >= 15 is 0 Å². The van der Waals surface area contributed by atoms with Crippen LogP contribution in [-0.2, 0) is 15.9 Å². The summed E-state index contributed by atoms with van der Waals surface area (Å²) >= 11 is 0. The van der Waals surface area contributed by atoms with Gasteiger partial charge < -0.3 is 13.9 Å². The second kappa shape index (κ2) is 1.21. The van der Waals surface area contributed by atoms with Crippen LogP contribution in [0.3, 0.4) is 0 Å². The summed E-state index contributed by atoms with van der Waals surface area (Å²) in [6, 6.07) is 0. The van der Waals surface area contributed by atoms with E-state index in [1.165, 1.54) is 11.1 Å². The lowest BCUT2D eigenvalue weighted by molar-refractivity contribution is 0.353. The molecule has 2 aliphatic heterocycles. The van der Waals surface area contributed by atoms with Crippen molar-refractivity contribution in [3.8, 4) is 0 Å². The fraction of sp³-hybridized carbons (Fsp3) is 0.200. The van der Waals surface area contributed by atoms with Gasteiger partial charge in [-0.3, -0.25) is 0 Å². The van der Waals surface area contributed by atoms with Gasteiger partial charge in [0.25, 0.3) is 0 Å². The van der Waals surface area contributed by atoms with Crippen LogP contribution < -0.4 is 0 Å². The van der Waals surface area contributed by atoms with Gasteiger partial charge in [0.1, 0.15) is 0 Å². The maximum absolute atomic E-state index is 5.70. The van der Waals surface area contributed by atoms with Crippen molar-refractivity contribution in [2.24, 2.45) is 0 Å². The highest BCUT2D eigenvalue weighted by molar-refractivity contribution is 5.85. The van der Waals surface area contributed by atoms with Crippen molar-refractivity contribution in [3.63, 3.8) is 0 Å². The maximum Gasteiger partial charge on any atom is 0.212 e. The van der Waals surface area contributed by atoms with Gasteiger partial charge in [0.2, 0.25) is 5.76 Å². The number of epoxide rings is 1. The molecule has 1 unspecified atom stereocenters. The number of hydrogen-bond donors (Lipinski definition) is 0. The van der Waals surface area contributed by atoms with E-state index in [2.05, 4.69) is 6.08 Å². The Kier molecular flexibility index (Phi) is 0.482. The molecule has 1 saturated heterocycles. The van der Waals surface area contributed by atoms with E-state index in [1.54, 1.807) is 0 Å². The van der Waals surface area contributed by atoms with Crippen LogP contribution in [0.2, 0.25) is 0 Å². The van der Waals surface area contributed by atoms with Crippen molar-refractivity contribution in [2.75, 3.05) is 0 Å². The lowest BCUT2D eigenvalue weighted by atomic mass is 10.1. The average Bonchev–Trinajstić information content (AvgIpc) is 2.57. The Hall–Kier alpha value is -1.64. The molecule has 0 spiro atoms. The topological polar surface area (TPSA) is 34.9 Å². The van der Waals surface area contributed by atoms with E-state index in [0.717, 1.165) is 35.2 Å². The van der Waals surface area contributed by atoms with Crippen molar-refractivity contribution >= 4 is 11.5 Å². The summed E-state index contributed by atoms with van der Waals surface area (Å²) in [5.74, 6) is 4.53. The summed E-state index contributed by atoms with van der Waals surface area (Å²) in [4.78, 5) is 0. The highest BCUT2D eigenvalue weighted by atomic mass is 16.6. The van der Waals surface area contributed by atoms with Gasteiger partial charge in [-0.2, -0.15) is 0 Å². The molecule has 13 heavy (non-hydrogen) atoms. The van der Waals surface area contributed by atoms with Gasteiger partial charge in [0.15, 0.2) is 29.1 Å². The molecule has 1 atom stereocenters. The van der Waals surface area contributed by atoms with Crippen LogP contribution in [-0.4, -0.2) is 0 Å². The number of ether oxygens (including phenoxy) is 2. The molecule has 2 aliphatic carbocycles. The first-order valence-electron chi connectivity index (χ1n) is 4.38. The molecule has 0 amide bonds. The van der Waals surface area contributed by atoms with E-state index in [-0.39, 0.29) is 6.10 Å². The fourth-order valence-electron chi connectivity index (χ4n) is 2.48. The van der Waals surface area contributed by atoms with Gasteiger partial charge in [-0.05, 0) is 12.5 Å². The zero-order chi connectivity index (χ0) is 8.15. The normalized spacial score (nSPS) is 28.3. The summed E-state index contributed by atoms with van der Waals surface area (Å²) in [5.41, 5.74) is 2.50. The van der Waals surface area contributed by atoms with E-state index < -0.39 is 0 Å². The van der Waals surface area contributed by atoms with Gasteiger partial charge in [-0.25, -0.2) is 0 Å². The number of hydrogen-bond acceptors (Lipinski definition) is 3. The highest BCUT2D eigenvalue weighted by Gasteiger charge is 2.56. The quantitative estimate of drug-likeness (QED) is 0.561. The predicted molar refractivity (Wildman–Crippen MR) is 42.2 cm³/mol. The van der Waals surface area contributed by atoms with Crippen LogP contribution in [0.5, 0.6) is 0 Å². The molecule has 0 N–H and O–H groups in total. The minimum atomic E-state index is 0.172. The van der Waals surface area contributed by atoms with E-state index in [9.17, 15) is 0 Å². The van der Waals surface area contributed by atoms with Crippen molar-refractivity contribution < 1.29 is 13.9 Å². The summed E-state index contributed by atoms with van der Waals surface area (Å²) < 4.78 is 16.8. The van der Waals surface area contributed by atoms with Crippen LogP contribution in [0, 0.1) is 0 Å². The Bertz CT molecular complexity index is 545. The van der Waals surface area contributed by atoms with Gasteiger partial charge in [0, 0.05) is 5.56 Å². The van der Waals surface area contributed by atoms with E-state index in [0.29, 0.717) is 0 Å². The molecule has 0 radical (unpaired) electrons. The predicted octanol–water partition coefficient (Wildman–Crippen LogP) is 1.96. The Morgan fingerprint density at radius 3 is 3.31 bits per heavy atom. The van der Waals surface area contributed by atoms with Crippen molar-refractivity contribution in [1.82, 2.24) is 0 Å². The van der Waals surface area contributed by atoms with Crippen molar-refractivity contribution in [1.29, 1.82) is 0 Å². The molecule has 3 heteroatoms. The van der Waals surface area contributed by atoms with Crippen LogP contribution in [0.25, 0.3) is 11.5 Å². The highest BCUT2D eigenvalue weighted by Crippen LogP contribution is 2.62. The maximum atomic E-state index is 5.70. The van der Waals surface area contributed by atoms with Crippen LogP contribution in [0.1, 0.15) is 28.8 Å². The zero-order valence-corrected chi connectivity index (χ0v) is 6.59. The molecular weight excluding hydrogens is 168 g/mol. The molecule has 0 aromatic carbocycles. The van der Waals surface area contributed by atoms with Crippen LogP contribution >= 0.6 is 0 Å². The minimum Gasteiger partial charge on any atom is -0.473 e. The molecule has 5 rings (SSSR count). The molecule has 1 aromatic heterocycles. The number of rotatable bonds is 0. The summed E-state index contributed by atoms with van der Waals surface area (Å²) in [6.07, 6.45) is 3.18. The first-order valence-corrected chi connectivity index (χ1v) is 4.38. The monoisotopic (exact) mass is 172 g/mol. The molecular formula is C10H4O3. The Labute approximate surface area is 73.2 Å². The average molecular weight is 172 g/mol. The lowest BCUT2D eigenvalue weighted by Crippen LogP contribution is -1.93. The molecule has 62 valence electrons. The second-order valence-electron chi connectivity index (χ2n) is 3.72. The van der Waals surface area contributed by atoms with E-state index in [1.807, 2.05) is 0 Å². The molecule has 1 aromatic rings. The minimum absolute atomic E-state index is 0.172. The molecule has 2 bridgehead atoms. The molecule has 3 heterocycles. The van der Waals surface area contributed by atoms with Gasteiger partial charge in [-0.1, -0.05) is 0 Å². The molecule has 4 aliphatic rings. The number of allylic oxidation sites excluding steroid dienone is 1. The second-order valence-corrected chi connectivity index (χ2v) is 3.72. The number of fused-ring (bicyclic) bond motifs is 3. The largest absolute Gasteiger partial charge is 0.473 e. The smallest absolute Gasteiger partial charge is 0.212 e. The van der Waals surface area contributed by atoms with Gasteiger partial charge in [0.05, 0.1) is 5.56 Å². The molecule has 1 fully saturated rings. The Balaban J connectivity index is 2.10. The van der Waals surface area contributed by atoms with Gasteiger partial charge >= 0.3 is 0 Å². The number of furan rings is 1. The first kappa shape index (κ1) is 5.17. The lowest BCUT2D eigenvalue weighted by Gasteiger charge is -2.10. The molecule has 0 saturated carbocycles. The standard InChI is InChI=1S/C10H4O3/c1-2-4-6-3(1)5-7(12-6)9(11-4)10-8(5)13-10/h2,8H,1H2. The van der Waals surface area contributed by atoms with E-state index in [4.69, 9.17) is 13.9 Å². The first-order chi connectivity index (χ1) is 6.43. The summed E-state index contributed by atoms with van der Waals surface area (Å²) in [6.45, 7) is 0. The van der Waals surface area contributed by atoms with Crippen LogP contribution in [0.4, 0.5) is 0 Å². The zero-order valence-electron chi connectivity index (χ0n) is 6.59.